The second kappa shape index (κ2) is 21.0. The van der Waals surface area contributed by atoms with Crippen molar-refractivity contribution in [2.75, 3.05) is 0 Å². The molecule has 0 nitrogen and oxygen atoms in total. The molecule has 0 fully saturated rings. The van der Waals surface area contributed by atoms with Crippen LogP contribution in [0.2, 0.25) is 0 Å². The molecule has 0 aliphatic rings. The van der Waals surface area contributed by atoms with Gasteiger partial charge in [0, 0.05) is 21.7 Å². The van der Waals surface area contributed by atoms with Crippen molar-refractivity contribution >= 4 is 43.1 Å². The Morgan fingerprint density at radius 1 is 0.750 bits per heavy atom. The predicted octanol–water partition coefficient (Wildman–Crippen LogP) is -3.55. The Balaban J connectivity index is 0. The van der Waals surface area contributed by atoms with E-state index in [1.165, 1.54) is 0 Å². The molecule has 0 atom stereocenters. The van der Waals surface area contributed by atoms with Crippen LogP contribution in [0.3, 0.4) is 0 Å². The van der Waals surface area contributed by atoms with E-state index in [-0.39, 0.29) is 64.9 Å². The summed E-state index contributed by atoms with van der Waals surface area (Å²) >= 11 is 0. The molecular formula is H9Al2BTi. The molecule has 0 saturated carbocycles. The van der Waals surface area contributed by atoms with Gasteiger partial charge in [0.25, 0.3) is 0 Å². The van der Waals surface area contributed by atoms with Crippen LogP contribution in [0.25, 0.3) is 0 Å². The molecule has 0 rings (SSSR count). The first-order valence-corrected chi connectivity index (χ1v) is 0. The fourth-order valence-electron chi connectivity index (χ4n) is 0. The normalized spacial score (nSPS) is 0. The van der Waals surface area contributed by atoms with Crippen LogP contribution >= 0.6 is 0 Å². The largest absolute Gasteiger partial charge is 0.187 e. The van der Waals surface area contributed by atoms with Crippen molar-refractivity contribution in [2.24, 2.45) is 0 Å². The maximum atomic E-state index is 0. The molecule has 0 aromatic heterocycles. The Morgan fingerprint density at radius 3 is 0.750 bits per heavy atom. The molecule has 4 heavy (non-hydrogen) atoms. The standard InChI is InChI=1S/2Al.BH3.Ti.6H/h;;1H3;;;;;;;. The van der Waals surface area contributed by atoms with Crippen molar-refractivity contribution in [3.63, 3.8) is 0 Å². The third-order valence-corrected chi connectivity index (χ3v) is 0. The monoisotopic (exact) mass is 122 g/mol. The van der Waals surface area contributed by atoms with Gasteiger partial charge in [-0.15, -0.1) is 0 Å². The summed E-state index contributed by atoms with van der Waals surface area (Å²) in [5.74, 6) is 0. The van der Waals surface area contributed by atoms with Gasteiger partial charge in [0.15, 0.2) is 34.7 Å². The molecule has 0 unspecified atom stereocenters. The van der Waals surface area contributed by atoms with Crippen LogP contribution in [0.5, 0.6) is 0 Å². The van der Waals surface area contributed by atoms with Crippen LogP contribution in [-0.4, -0.2) is 43.1 Å². The number of hydrogen-bond donors (Lipinski definition) is 0. The smallest absolute Gasteiger partial charge is 0 e. The zero-order valence-corrected chi connectivity index (χ0v) is 2.06. The molecule has 0 radical (unpaired) electrons. The first-order valence-electron chi connectivity index (χ1n) is 0. The van der Waals surface area contributed by atoms with Crippen molar-refractivity contribution in [1.29, 1.82) is 0 Å². The van der Waals surface area contributed by atoms with Crippen LogP contribution < -0.4 is 0 Å². The number of rotatable bonds is 0. The van der Waals surface area contributed by atoms with Crippen LogP contribution in [-0.2, 0) is 21.7 Å². The van der Waals surface area contributed by atoms with Crippen molar-refractivity contribution < 1.29 is 21.7 Å². The first-order chi connectivity index (χ1) is 0. The predicted molar refractivity (Wildman–Crippen MR) is 29.8 cm³/mol. The van der Waals surface area contributed by atoms with Gasteiger partial charge in [-0.3, -0.25) is 0 Å². The minimum absolute atomic E-state index is 0. The third kappa shape index (κ3) is 9.14. The fourth-order valence-corrected chi connectivity index (χ4v) is 0. The topological polar surface area (TPSA) is 0 Å². The van der Waals surface area contributed by atoms with E-state index >= 15 is 0 Å². The fraction of sp³-hybridized carbons (Fsp3) is 0. The molecule has 0 aromatic carbocycles. The van der Waals surface area contributed by atoms with Crippen molar-refractivity contribution in [3.05, 3.63) is 0 Å². The summed E-state index contributed by atoms with van der Waals surface area (Å²) in [6, 6.07) is 0. The molecule has 0 heterocycles. The van der Waals surface area contributed by atoms with Gasteiger partial charge in [-0.25, -0.2) is 0 Å². The van der Waals surface area contributed by atoms with Crippen LogP contribution in [0.1, 0.15) is 0 Å². The van der Waals surface area contributed by atoms with Crippen molar-refractivity contribution in [3.8, 4) is 0 Å². The van der Waals surface area contributed by atoms with Gasteiger partial charge in [-0.2, -0.15) is 0 Å². The van der Waals surface area contributed by atoms with E-state index in [0.717, 1.165) is 0 Å². The van der Waals surface area contributed by atoms with Gasteiger partial charge >= 0.3 is 0 Å². The second-order valence-electron chi connectivity index (χ2n) is 0. The quantitative estimate of drug-likeness (QED) is 0.291. The molecule has 0 aliphatic heterocycles. The van der Waals surface area contributed by atoms with Crippen LogP contribution in [0.4, 0.5) is 0 Å². The summed E-state index contributed by atoms with van der Waals surface area (Å²) in [6.45, 7) is 0. The summed E-state index contributed by atoms with van der Waals surface area (Å²) in [6.07, 6.45) is 0. The average molecular weight is 122 g/mol. The summed E-state index contributed by atoms with van der Waals surface area (Å²) in [5.41, 5.74) is 0. The number of hydrogen-bond acceptors (Lipinski definition) is 0. The van der Waals surface area contributed by atoms with Crippen molar-refractivity contribution in [1.82, 2.24) is 0 Å². The maximum Gasteiger partial charge on any atom is 0.187 e. The molecule has 22 valence electrons. The van der Waals surface area contributed by atoms with E-state index in [9.17, 15) is 0 Å². The van der Waals surface area contributed by atoms with E-state index in [4.69, 9.17) is 0 Å². The average Bonchev–Trinajstić information content (AvgIpc) is 0. The van der Waals surface area contributed by atoms with Gasteiger partial charge in [0.05, 0.1) is 8.41 Å². The minimum atomic E-state index is 0. The Kier molecular flexibility index (Phi) is 212. The maximum absolute atomic E-state index is 0. The van der Waals surface area contributed by atoms with Crippen LogP contribution in [0, 0.1) is 0 Å². The van der Waals surface area contributed by atoms with E-state index in [1.54, 1.807) is 0 Å². The molecule has 0 spiro atoms. The molecule has 0 bridgehead atoms. The zero-order valence-electron chi connectivity index (χ0n) is 0.500. The van der Waals surface area contributed by atoms with Crippen LogP contribution in [0.15, 0.2) is 0 Å². The van der Waals surface area contributed by atoms with Gasteiger partial charge in [-0.1, -0.05) is 0 Å². The Labute approximate surface area is 64.4 Å². The molecule has 0 aliphatic carbocycles. The zero-order chi connectivity index (χ0) is 0. The molecule has 0 aromatic rings. The third-order valence-electron chi connectivity index (χ3n) is 0. The Hall–Kier alpha value is 1.84. The second-order valence-corrected chi connectivity index (χ2v) is 0. The summed E-state index contributed by atoms with van der Waals surface area (Å²) in [4.78, 5) is 0. The van der Waals surface area contributed by atoms with Crippen molar-refractivity contribution in [2.45, 2.75) is 0 Å². The molecular weight excluding hydrogens is 113 g/mol. The summed E-state index contributed by atoms with van der Waals surface area (Å²) in [7, 11) is 0. The van der Waals surface area contributed by atoms with E-state index in [2.05, 4.69) is 0 Å². The van der Waals surface area contributed by atoms with Gasteiger partial charge in [-0.05, 0) is 0 Å². The molecule has 4 heteroatoms. The van der Waals surface area contributed by atoms with E-state index in [0.29, 0.717) is 0 Å². The Bertz CT molecular complexity index is 6.00. The van der Waals surface area contributed by atoms with Gasteiger partial charge < -0.3 is 0 Å². The summed E-state index contributed by atoms with van der Waals surface area (Å²) < 4.78 is 0. The first kappa shape index (κ1) is 40.3. The Morgan fingerprint density at radius 2 is 0.750 bits per heavy atom. The van der Waals surface area contributed by atoms with E-state index < -0.39 is 0 Å². The molecule has 0 N–H and O–H groups in total. The van der Waals surface area contributed by atoms with Gasteiger partial charge in [0.2, 0.25) is 0 Å². The van der Waals surface area contributed by atoms with E-state index in [1.807, 2.05) is 0 Å². The summed E-state index contributed by atoms with van der Waals surface area (Å²) in [5, 5.41) is 0. The molecule has 0 saturated heterocycles. The molecule has 0 amide bonds. The SMILES string of the molecule is B.[AlH3].[AlH3].[Ti]. The van der Waals surface area contributed by atoms with Gasteiger partial charge in [0.1, 0.15) is 0 Å². The minimum Gasteiger partial charge on any atom is 0 e.